The molecule has 2 heteroatoms. The topological polar surface area (TPSA) is 16.4 Å². The lowest BCUT2D eigenvalue weighted by atomic mass is 9.89. The van der Waals surface area contributed by atoms with Crippen LogP contribution < -0.4 is 4.90 Å². The highest BCUT2D eigenvalue weighted by molar-refractivity contribution is 6.18. The second-order valence-corrected chi connectivity index (χ2v) is 16.8. The molecule has 0 spiro atoms. The second-order valence-electron chi connectivity index (χ2n) is 16.8. The van der Waals surface area contributed by atoms with Crippen LogP contribution in [-0.2, 0) is 0 Å². The molecule has 1 heterocycles. The van der Waals surface area contributed by atoms with Crippen LogP contribution in [-0.4, -0.2) is 0 Å². The predicted octanol–water partition coefficient (Wildman–Crippen LogP) is 17.8. The smallest absolute Gasteiger partial charge is 0.137 e. The van der Waals surface area contributed by atoms with E-state index in [4.69, 9.17) is 4.42 Å². The van der Waals surface area contributed by atoms with Crippen molar-refractivity contribution >= 4 is 92.9 Å². The van der Waals surface area contributed by atoms with Crippen molar-refractivity contribution in [1.82, 2.24) is 0 Å². The summed E-state index contributed by atoms with van der Waals surface area (Å²) in [7, 11) is 0. The third-order valence-corrected chi connectivity index (χ3v) is 13.2. The van der Waals surface area contributed by atoms with Gasteiger partial charge in [0.2, 0.25) is 0 Å². The first-order valence-corrected chi connectivity index (χ1v) is 22.0. The maximum absolute atomic E-state index is 6.76. The van der Waals surface area contributed by atoms with Crippen LogP contribution in [0.5, 0.6) is 0 Å². The van der Waals surface area contributed by atoms with Crippen LogP contribution in [0.4, 0.5) is 17.1 Å². The number of fused-ring (bicyclic) bond motifs is 9. The molecule has 0 aliphatic heterocycles. The maximum Gasteiger partial charge on any atom is 0.137 e. The molecule has 13 aromatic rings. The Bertz CT molecular complexity index is 3970. The Morgan fingerprint density at radius 2 is 0.812 bits per heavy atom. The fourth-order valence-electron chi connectivity index (χ4n) is 10.2. The van der Waals surface area contributed by atoms with Crippen molar-refractivity contribution in [3.8, 4) is 33.4 Å². The summed E-state index contributed by atoms with van der Waals surface area (Å²) in [6.07, 6.45) is 0. The van der Waals surface area contributed by atoms with Crippen molar-refractivity contribution in [3.05, 3.63) is 237 Å². The minimum atomic E-state index is 0.853. The summed E-state index contributed by atoms with van der Waals surface area (Å²) in [6.45, 7) is 0. The molecule has 64 heavy (non-hydrogen) atoms. The van der Waals surface area contributed by atoms with Crippen molar-refractivity contribution in [2.75, 3.05) is 4.90 Å². The van der Waals surface area contributed by atoms with Crippen LogP contribution >= 0.6 is 0 Å². The number of nitrogens with zero attached hydrogens (tertiary/aromatic N) is 1. The molecule has 0 unspecified atom stereocenters. The van der Waals surface area contributed by atoms with E-state index in [1.165, 1.54) is 81.9 Å². The number of anilines is 3. The highest BCUT2D eigenvalue weighted by atomic mass is 16.3. The van der Waals surface area contributed by atoms with Crippen LogP contribution in [0.3, 0.4) is 0 Å². The monoisotopic (exact) mass is 813 g/mol. The summed E-state index contributed by atoms with van der Waals surface area (Å²) in [4.78, 5) is 2.43. The molecule has 1 aromatic heterocycles. The molecule has 2 nitrogen and oxygen atoms in total. The van der Waals surface area contributed by atoms with Gasteiger partial charge in [-0.1, -0.05) is 182 Å². The van der Waals surface area contributed by atoms with Gasteiger partial charge in [0.1, 0.15) is 11.2 Å². The van der Waals surface area contributed by atoms with Crippen LogP contribution in [0.2, 0.25) is 0 Å². The average molecular weight is 814 g/mol. The van der Waals surface area contributed by atoms with E-state index in [1.807, 2.05) is 0 Å². The summed E-state index contributed by atoms with van der Waals surface area (Å²) >= 11 is 0. The molecule has 0 aliphatic carbocycles. The number of benzene rings is 12. The van der Waals surface area contributed by atoms with Gasteiger partial charge in [0.25, 0.3) is 0 Å². The number of hydrogen-bond acceptors (Lipinski definition) is 2. The molecule has 0 fully saturated rings. The lowest BCUT2D eigenvalue weighted by Crippen LogP contribution is -2.11. The van der Waals surface area contributed by atoms with E-state index in [0.29, 0.717) is 0 Å². The van der Waals surface area contributed by atoms with Gasteiger partial charge in [-0.25, -0.2) is 0 Å². The molecule has 13 rings (SSSR count). The SMILES string of the molecule is c1ccc(-c2ccc(N(c3ccc4c(c3)oc3cc5ccccc5cc34)c3ccc(-c4cc5ccccc5c5ccccc45)c4ccccc34)cc2-c2cccc3ccccc23)cc1. The van der Waals surface area contributed by atoms with E-state index < -0.39 is 0 Å². The van der Waals surface area contributed by atoms with Crippen molar-refractivity contribution in [2.24, 2.45) is 0 Å². The third-order valence-electron chi connectivity index (χ3n) is 13.2. The van der Waals surface area contributed by atoms with Gasteiger partial charge in [-0.2, -0.15) is 0 Å². The van der Waals surface area contributed by atoms with Crippen molar-refractivity contribution in [3.63, 3.8) is 0 Å². The first-order valence-electron chi connectivity index (χ1n) is 22.0. The van der Waals surface area contributed by atoms with E-state index in [0.717, 1.165) is 44.4 Å². The fourth-order valence-corrected chi connectivity index (χ4v) is 10.2. The standard InChI is InChI=1S/C62H39NO/c1-2-15-40(16-3-1)49-31-29-45(38-58(49)51-28-14-21-41-17-6-8-22-47(41)51)63(46-30-32-56-59-35-42-18-4-5-19-43(42)37-61(59)64-62(56)39-46)60-34-33-54(52-25-12-13-27-55(52)60)57-36-44-20-7-9-23-48(44)50-24-10-11-26-53(50)57/h1-39H. The van der Waals surface area contributed by atoms with E-state index >= 15 is 0 Å². The molecule has 0 amide bonds. The zero-order chi connectivity index (χ0) is 42.1. The molecule has 0 saturated heterocycles. The van der Waals surface area contributed by atoms with Gasteiger partial charge in [0.15, 0.2) is 0 Å². The summed E-state index contributed by atoms with van der Waals surface area (Å²) in [5.74, 6) is 0. The van der Waals surface area contributed by atoms with Gasteiger partial charge < -0.3 is 9.32 Å². The minimum Gasteiger partial charge on any atom is -0.456 e. The lowest BCUT2D eigenvalue weighted by Gasteiger charge is -2.29. The maximum atomic E-state index is 6.76. The number of furan rings is 1. The molecular weight excluding hydrogens is 775 g/mol. The van der Waals surface area contributed by atoms with Gasteiger partial charge >= 0.3 is 0 Å². The van der Waals surface area contributed by atoms with E-state index in [9.17, 15) is 0 Å². The molecule has 0 saturated carbocycles. The molecule has 298 valence electrons. The number of rotatable bonds is 6. The first kappa shape index (κ1) is 36.2. The van der Waals surface area contributed by atoms with Crippen molar-refractivity contribution in [2.45, 2.75) is 0 Å². The van der Waals surface area contributed by atoms with Gasteiger partial charge in [-0.15, -0.1) is 0 Å². The zero-order valence-corrected chi connectivity index (χ0v) is 34.9. The minimum absolute atomic E-state index is 0.853. The van der Waals surface area contributed by atoms with Crippen molar-refractivity contribution in [1.29, 1.82) is 0 Å². The fraction of sp³-hybridized carbons (Fsp3) is 0. The highest BCUT2D eigenvalue weighted by Crippen LogP contribution is 2.48. The second kappa shape index (κ2) is 14.6. The third kappa shape index (κ3) is 5.81. The molecule has 0 bridgehead atoms. The van der Waals surface area contributed by atoms with E-state index in [1.54, 1.807) is 0 Å². The Hall–Kier alpha value is -8.46. The van der Waals surface area contributed by atoms with E-state index in [2.05, 4.69) is 241 Å². The summed E-state index contributed by atoms with van der Waals surface area (Å²) in [6, 6.07) is 86.2. The van der Waals surface area contributed by atoms with Gasteiger partial charge in [-0.05, 0) is 130 Å². The lowest BCUT2D eigenvalue weighted by molar-refractivity contribution is 0.669. The van der Waals surface area contributed by atoms with Crippen LogP contribution in [0, 0.1) is 0 Å². The Morgan fingerprint density at radius 1 is 0.250 bits per heavy atom. The normalized spacial score (nSPS) is 11.8. The Labute approximate surface area is 370 Å². The summed E-state index contributed by atoms with van der Waals surface area (Å²) in [5, 5.41) is 14.4. The van der Waals surface area contributed by atoms with Crippen LogP contribution in [0.1, 0.15) is 0 Å². The Morgan fingerprint density at radius 3 is 1.62 bits per heavy atom. The molecular formula is C62H39NO. The molecule has 12 aromatic carbocycles. The number of hydrogen-bond donors (Lipinski definition) is 0. The highest BCUT2D eigenvalue weighted by Gasteiger charge is 2.22. The largest absolute Gasteiger partial charge is 0.456 e. The Balaban J connectivity index is 1.08. The van der Waals surface area contributed by atoms with Gasteiger partial charge in [0.05, 0.1) is 5.69 Å². The Kier molecular flexibility index (Phi) is 8.25. The van der Waals surface area contributed by atoms with Crippen LogP contribution in [0.25, 0.3) is 109 Å². The molecule has 0 atom stereocenters. The average Bonchev–Trinajstić information content (AvgIpc) is 3.72. The quantitative estimate of drug-likeness (QED) is 0.156. The molecule has 0 radical (unpaired) electrons. The summed E-state index contributed by atoms with van der Waals surface area (Å²) < 4.78 is 6.76. The first-order chi connectivity index (χ1) is 31.7. The van der Waals surface area contributed by atoms with Crippen LogP contribution in [0.15, 0.2) is 241 Å². The van der Waals surface area contributed by atoms with Gasteiger partial charge in [-0.3, -0.25) is 0 Å². The molecule has 0 N–H and O–H groups in total. The van der Waals surface area contributed by atoms with Crippen molar-refractivity contribution < 1.29 is 4.42 Å². The van der Waals surface area contributed by atoms with E-state index in [-0.39, 0.29) is 0 Å². The predicted molar refractivity (Wildman–Crippen MR) is 272 cm³/mol. The van der Waals surface area contributed by atoms with Gasteiger partial charge in [0, 0.05) is 33.6 Å². The zero-order valence-electron chi connectivity index (χ0n) is 34.9. The molecule has 0 aliphatic rings. The summed E-state index contributed by atoms with van der Waals surface area (Å²) in [5.41, 5.74) is 12.1.